The number of para-hydroxylation sites is 6. The zero-order chi connectivity index (χ0) is 34.0. The first-order valence-electron chi connectivity index (χ1n) is 17.4. The second kappa shape index (κ2) is 13.2. The molecule has 0 aliphatic rings. The number of anilines is 6. The van der Waals surface area contributed by atoms with Crippen molar-refractivity contribution >= 4 is 55.9 Å². The van der Waals surface area contributed by atoms with Gasteiger partial charge in [0.2, 0.25) is 0 Å². The van der Waals surface area contributed by atoms with Gasteiger partial charge in [-0.1, -0.05) is 121 Å². The third-order valence-electron chi connectivity index (χ3n) is 9.50. The lowest BCUT2D eigenvalue weighted by Gasteiger charge is -2.30. The maximum atomic E-state index is 2.39. The largest absolute Gasteiger partial charge is 0.310 e. The predicted octanol–water partition coefficient (Wildman–Crippen LogP) is 13.4. The second-order valence-corrected chi connectivity index (χ2v) is 12.7. The van der Waals surface area contributed by atoms with E-state index in [4.69, 9.17) is 0 Å². The van der Waals surface area contributed by atoms with Crippen molar-refractivity contribution in [2.75, 3.05) is 9.80 Å². The van der Waals surface area contributed by atoms with Gasteiger partial charge in [0.1, 0.15) is 0 Å². The van der Waals surface area contributed by atoms with Crippen LogP contribution in [0.1, 0.15) is 0 Å². The smallest absolute Gasteiger partial charge is 0.0547 e. The number of nitrogens with zero attached hydrogens (tertiary/aromatic N) is 3. The summed E-state index contributed by atoms with van der Waals surface area (Å²) >= 11 is 0. The molecule has 1 heterocycles. The molecule has 3 heteroatoms. The Balaban J connectivity index is 1.32. The molecule has 9 rings (SSSR count). The molecule has 1 aromatic heterocycles. The van der Waals surface area contributed by atoms with Gasteiger partial charge in [0.25, 0.3) is 0 Å². The summed E-state index contributed by atoms with van der Waals surface area (Å²) < 4.78 is 2.39. The van der Waals surface area contributed by atoms with E-state index >= 15 is 0 Å². The number of benzene rings is 8. The van der Waals surface area contributed by atoms with Gasteiger partial charge in [0, 0.05) is 50.6 Å². The van der Waals surface area contributed by atoms with E-state index in [1.807, 2.05) is 0 Å². The number of hydrogen-bond donors (Lipinski definition) is 0. The summed E-state index contributed by atoms with van der Waals surface area (Å²) in [5.41, 5.74) is 12.3. The molecule has 0 radical (unpaired) electrons. The van der Waals surface area contributed by atoms with Crippen LogP contribution in [0, 0.1) is 0 Å². The van der Waals surface area contributed by atoms with Gasteiger partial charge in [0.05, 0.1) is 11.0 Å². The third-order valence-corrected chi connectivity index (χ3v) is 9.50. The van der Waals surface area contributed by atoms with Crippen LogP contribution in [0.3, 0.4) is 0 Å². The molecule has 0 saturated heterocycles. The first-order valence-corrected chi connectivity index (χ1v) is 17.4. The first-order chi connectivity index (χ1) is 25.3. The molecule has 51 heavy (non-hydrogen) atoms. The topological polar surface area (TPSA) is 11.4 Å². The van der Waals surface area contributed by atoms with Crippen molar-refractivity contribution in [3.05, 3.63) is 212 Å². The Morgan fingerprint density at radius 2 is 0.686 bits per heavy atom. The predicted molar refractivity (Wildman–Crippen MR) is 216 cm³/mol. The normalized spacial score (nSPS) is 11.1. The van der Waals surface area contributed by atoms with Crippen LogP contribution >= 0.6 is 0 Å². The van der Waals surface area contributed by atoms with Crippen molar-refractivity contribution in [1.82, 2.24) is 4.57 Å². The molecule has 0 spiro atoms. The zero-order valence-electron chi connectivity index (χ0n) is 28.0. The van der Waals surface area contributed by atoms with Crippen LogP contribution in [0.25, 0.3) is 38.6 Å². The van der Waals surface area contributed by atoms with Crippen LogP contribution in [0.5, 0.6) is 0 Å². The molecule has 0 fully saturated rings. The molecule has 0 unspecified atom stereocenters. The van der Waals surface area contributed by atoms with E-state index < -0.39 is 0 Å². The van der Waals surface area contributed by atoms with Crippen molar-refractivity contribution in [3.63, 3.8) is 0 Å². The maximum Gasteiger partial charge on any atom is 0.0547 e. The van der Waals surface area contributed by atoms with Crippen LogP contribution in [-0.2, 0) is 0 Å². The molecule has 0 aliphatic carbocycles. The van der Waals surface area contributed by atoms with Crippen LogP contribution < -0.4 is 9.80 Å². The van der Waals surface area contributed by atoms with Crippen molar-refractivity contribution in [2.45, 2.75) is 0 Å². The minimum atomic E-state index is 1.07. The Labute approximate surface area is 298 Å². The van der Waals surface area contributed by atoms with E-state index in [9.17, 15) is 0 Å². The summed E-state index contributed by atoms with van der Waals surface area (Å²) in [4.78, 5) is 4.70. The standard InChI is InChI=1S/C48H35N3/c1-6-18-38(19-7-1)49(39-20-8-2-9-21-39)43-32-37(33-44(35-43)50(40-22-10-3-11-23-40)41-24-12-4-13-25-41)36-30-31-46-45-28-16-17-29-47(45)51(48(46)34-36)42-26-14-5-15-27-42/h1-35H. The lowest BCUT2D eigenvalue weighted by Crippen LogP contribution is -2.13. The summed E-state index contributed by atoms with van der Waals surface area (Å²) in [5, 5.41) is 2.48. The Bertz CT molecular complexity index is 2380. The first kappa shape index (κ1) is 30.2. The number of hydrogen-bond acceptors (Lipinski definition) is 2. The Morgan fingerprint density at radius 3 is 1.18 bits per heavy atom. The highest BCUT2D eigenvalue weighted by atomic mass is 15.2. The Kier molecular flexibility index (Phi) is 7.84. The zero-order valence-corrected chi connectivity index (χ0v) is 28.0. The monoisotopic (exact) mass is 653 g/mol. The van der Waals surface area contributed by atoms with Crippen molar-refractivity contribution < 1.29 is 0 Å². The lowest BCUT2D eigenvalue weighted by molar-refractivity contribution is 1.18. The summed E-state index contributed by atoms with van der Waals surface area (Å²) in [6, 6.07) is 75.8. The van der Waals surface area contributed by atoms with Gasteiger partial charge in [-0.25, -0.2) is 0 Å². The van der Waals surface area contributed by atoms with Crippen molar-refractivity contribution in [2.24, 2.45) is 0 Å². The van der Waals surface area contributed by atoms with Gasteiger partial charge in [-0.3, -0.25) is 0 Å². The molecule has 9 aromatic rings. The molecule has 0 atom stereocenters. The molecule has 0 bridgehead atoms. The minimum Gasteiger partial charge on any atom is -0.310 e. The van der Waals surface area contributed by atoms with E-state index in [2.05, 4.69) is 227 Å². The molecule has 0 aliphatic heterocycles. The van der Waals surface area contributed by atoms with Crippen molar-refractivity contribution in [3.8, 4) is 16.8 Å². The highest BCUT2D eigenvalue weighted by molar-refractivity contribution is 6.10. The quantitative estimate of drug-likeness (QED) is 0.162. The van der Waals surface area contributed by atoms with E-state index in [1.165, 1.54) is 21.8 Å². The minimum absolute atomic E-state index is 1.07. The molecule has 3 nitrogen and oxygen atoms in total. The molecular weight excluding hydrogens is 619 g/mol. The fourth-order valence-corrected chi connectivity index (χ4v) is 7.23. The molecular formula is C48H35N3. The van der Waals surface area contributed by atoms with Gasteiger partial charge in [-0.2, -0.15) is 0 Å². The van der Waals surface area contributed by atoms with Crippen LogP contribution in [0.4, 0.5) is 34.1 Å². The highest BCUT2D eigenvalue weighted by Gasteiger charge is 2.20. The fraction of sp³-hybridized carbons (Fsp3) is 0. The highest BCUT2D eigenvalue weighted by Crippen LogP contribution is 2.44. The summed E-state index contributed by atoms with van der Waals surface area (Å²) in [6.07, 6.45) is 0. The maximum absolute atomic E-state index is 2.39. The number of fused-ring (bicyclic) bond motifs is 3. The molecule has 0 saturated carbocycles. The van der Waals surface area contributed by atoms with E-state index in [0.29, 0.717) is 0 Å². The van der Waals surface area contributed by atoms with Crippen LogP contribution in [0.2, 0.25) is 0 Å². The van der Waals surface area contributed by atoms with E-state index in [-0.39, 0.29) is 0 Å². The van der Waals surface area contributed by atoms with Gasteiger partial charge in [-0.15, -0.1) is 0 Å². The Hall–Kier alpha value is -6.84. The summed E-state index contributed by atoms with van der Waals surface area (Å²) in [6.45, 7) is 0. The third kappa shape index (κ3) is 5.71. The average molecular weight is 654 g/mol. The molecule has 242 valence electrons. The molecule has 8 aromatic carbocycles. The van der Waals surface area contributed by atoms with Crippen molar-refractivity contribution in [1.29, 1.82) is 0 Å². The average Bonchev–Trinajstić information content (AvgIpc) is 3.54. The summed E-state index contributed by atoms with van der Waals surface area (Å²) in [5.74, 6) is 0. The van der Waals surface area contributed by atoms with Crippen LogP contribution in [0.15, 0.2) is 212 Å². The SMILES string of the molecule is c1ccc(N(c2ccccc2)c2cc(-c3ccc4c5ccccc5n(-c5ccccc5)c4c3)cc(N(c3ccccc3)c3ccccc3)c2)cc1. The van der Waals surface area contributed by atoms with Gasteiger partial charge in [-0.05, 0) is 102 Å². The lowest BCUT2D eigenvalue weighted by atomic mass is 10.0. The summed E-state index contributed by atoms with van der Waals surface area (Å²) in [7, 11) is 0. The van der Waals surface area contributed by atoms with E-state index in [0.717, 1.165) is 50.9 Å². The van der Waals surface area contributed by atoms with Gasteiger partial charge in [0.15, 0.2) is 0 Å². The van der Waals surface area contributed by atoms with Gasteiger partial charge >= 0.3 is 0 Å². The number of aromatic nitrogens is 1. The Morgan fingerprint density at radius 1 is 0.275 bits per heavy atom. The molecule has 0 amide bonds. The molecule has 0 N–H and O–H groups in total. The fourth-order valence-electron chi connectivity index (χ4n) is 7.23. The van der Waals surface area contributed by atoms with Crippen LogP contribution in [-0.4, -0.2) is 4.57 Å². The van der Waals surface area contributed by atoms with E-state index in [1.54, 1.807) is 0 Å². The number of rotatable bonds is 8. The second-order valence-electron chi connectivity index (χ2n) is 12.7. The van der Waals surface area contributed by atoms with Gasteiger partial charge < -0.3 is 14.4 Å².